The Labute approximate surface area is 97.4 Å². The maximum atomic E-state index is 11.4. The third-order valence-electron chi connectivity index (χ3n) is 1.75. The van der Waals surface area contributed by atoms with Crippen molar-refractivity contribution in [3.8, 4) is 0 Å². The largest absolute Gasteiger partial charge is 0.373 e. The van der Waals surface area contributed by atoms with Gasteiger partial charge in [-0.15, -0.1) is 0 Å². The molecule has 4 heteroatoms. The standard InChI is InChI=1S/C11H13BrO3/c1-2-6-10(12)14-15-11(13)9-7-4-3-5-8-9/h3-5,7-8,10H,2,6H2,1H3. The van der Waals surface area contributed by atoms with Crippen LogP contribution in [0.2, 0.25) is 0 Å². The maximum Gasteiger partial charge on any atom is 0.373 e. The Bertz CT molecular complexity index is 300. The second-order valence-electron chi connectivity index (χ2n) is 3.03. The summed E-state index contributed by atoms with van der Waals surface area (Å²) in [6, 6.07) is 8.73. The molecule has 3 nitrogen and oxygen atoms in total. The molecule has 0 fully saturated rings. The third kappa shape index (κ3) is 4.44. The highest BCUT2D eigenvalue weighted by Gasteiger charge is 2.10. The van der Waals surface area contributed by atoms with E-state index in [0.29, 0.717) is 5.56 Å². The zero-order chi connectivity index (χ0) is 11.1. The van der Waals surface area contributed by atoms with E-state index in [-0.39, 0.29) is 5.01 Å². The SMILES string of the molecule is CCCC(Br)OOC(=O)c1ccccc1. The van der Waals surface area contributed by atoms with Gasteiger partial charge in [0.1, 0.15) is 0 Å². The van der Waals surface area contributed by atoms with E-state index in [9.17, 15) is 4.79 Å². The van der Waals surface area contributed by atoms with E-state index in [2.05, 4.69) is 20.8 Å². The van der Waals surface area contributed by atoms with Gasteiger partial charge < -0.3 is 0 Å². The van der Waals surface area contributed by atoms with Crippen LogP contribution in [0.5, 0.6) is 0 Å². The number of alkyl halides is 1. The number of carbonyl (C=O) groups is 1. The van der Waals surface area contributed by atoms with Crippen molar-refractivity contribution in [3.63, 3.8) is 0 Å². The second-order valence-corrected chi connectivity index (χ2v) is 4.05. The molecule has 0 bridgehead atoms. The Hall–Kier alpha value is -0.870. The molecular formula is C11H13BrO3. The summed E-state index contributed by atoms with van der Waals surface area (Å²) in [6.45, 7) is 2.02. The number of rotatable bonds is 5. The average Bonchev–Trinajstić information content (AvgIpc) is 2.27. The molecule has 82 valence electrons. The summed E-state index contributed by atoms with van der Waals surface area (Å²) in [6.07, 6.45) is 1.75. The van der Waals surface area contributed by atoms with Crippen molar-refractivity contribution in [3.05, 3.63) is 35.9 Å². The van der Waals surface area contributed by atoms with Crippen LogP contribution < -0.4 is 0 Å². The molecule has 15 heavy (non-hydrogen) atoms. The summed E-state index contributed by atoms with van der Waals surface area (Å²) in [5, 5.41) is -0.241. The lowest BCUT2D eigenvalue weighted by molar-refractivity contribution is -0.250. The Kier molecular flexibility index (Phi) is 5.36. The van der Waals surface area contributed by atoms with Gasteiger partial charge in [0.15, 0.2) is 5.01 Å². The van der Waals surface area contributed by atoms with Crippen molar-refractivity contribution in [2.75, 3.05) is 0 Å². The molecule has 0 amide bonds. The summed E-state index contributed by atoms with van der Waals surface area (Å²) in [5.74, 6) is -0.476. The zero-order valence-electron chi connectivity index (χ0n) is 8.48. The molecule has 1 aromatic rings. The fourth-order valence-electron chi connectivity index (χ4n) is 0.993. The highest BCUT2D eigenvalue weighted by atomic mass is 79.9. The first-order valence-corrected chi connectivity index (χ1v) is 5.72. The van der Waals surface area contributed by atoms with Crippen LogP contribution in [0.4, 0.5) is 0 Å². The molecule has 0 aliphatic rings. The van der Waals surface area contributed by atoms with Gasteiger partial charge in [-0.05, 0) is 18.6 Å². The van der Waals surface area contributed by atoms with E-state index in [1.807, 2.05) is 13.0 Å². The second kappa shape index (κ2) is 6.58. The topological polar surface area (TPSA) is 35.5 Å². The van der Waals surface area contributed by atoms with Crippen LogP contribution in [-0.4, -0.2) is 11.0 Å². The fourth-order valence-corrected chi connectivity index (χ4v) is 1.53. The summed E-state index contributed by atoms with van der Waals surface area (Å²) in [7, 11) is 0. The van der Waals surface area contributed by atoms with Crippen molar-refractivity contribution in [1.82, 2.24) is 0 Å². The predicted octanol–water partition coefficient (Wildman–Crippen LogP) is 3.30. The zero-order valence-corrected chi connectivity index (χ0v) is 10.1. The van der Waals surface area contributed by atoms with Crippen LogP contribution in [0.25, 0.3) is 0 Å². The predicted molar refractivity (Wildman–Crippen MR) is 60.6 cm³/mol. The smallest absolute Gasteiger partial charge is 0.292 e. The number of halogens is 1. The summed E-state index contributed by atoms with van der Waals surface area (Å²) >= 11 is 3.24. The molecule has 0 aliphatic heterocycles. The van der Waals surface area contributed by atoms with Crippen molar-refractivity contribution >= 4 is 21.9 Å². The lowest BCUT2D eigenvalue weighted by Gasteiger charge is -2.08. The van der Waals surface area contributed by atoms with Gasteiger partial charge in [0.05, 0.1) is 5.56 Å². The summed E-state index contributed by atoms with van der Waals surface area (Å²) < 4.78 is 0. The Morgan fingerprint density at radius 3 is 2.67 bits per heavy atom. The third-order valence-corrected chi connectivity index (χ3v) is 2.36. The molecule has 1 atom stereocenters. The molecule has 1 unspecified atom stereocenters. The minimum atomic E-state index is -0.476. The number of benzene rings is 1. The van der Waals surface area contributed by atoms with E-state index in [4.69, 9.17) is 4.89 Å². The normalized spacial score (nSPS) is 12.1. The van der Waals surface area contributed by atoms with Gasteiger partial charge in [-0.3, -0.25) is 4.89 Å². The van der Waals surface area contributed by atoms with E-state index in [0.717, 1.165) is 12.8 Å². The Morgan fingerprint density at radius 1 is 1.40 bits per heavy atom. The molecule has 1 rings (SSSR count). The molecule has 0 aliphatic carbocycles. The minimum absolute atomic E-state index is 0.241. The molecule has 0 N–H and O–H groups in total. The molecule has 0 aromatic heterocycles. The molecule has 0 saturated heterocycles. The van der Waals surface area contributed by atoms with Gasteiger partial charge in [0.2, 0.25) is 0 Å². The number of carbonyl (C=O) groups excluding carboxylic acids is 1. The first-order chi connectivity index (χ1) is 7.24. The first-order valence-electron chi connectivity index (χ1n) is 4.80. The van der Waals surface area contributed by atoms with Gasteiger partial charge in [0.25, 0.3) is 0 Å². The van der Waals surface area contributed by atoms with Crippen LogP contribution >= 0.6 is 15.9 Å². The minimum Gasteiger partial charge on any atom is -0.292 e. The molecular weight excluding hydrogens is 260 g/mol. The van der Waals surface area contributed by atoms with Gasteiger partial charge in [-0.1, -0.05) is 47.5 Å². The molecule has 0 spiro atoms. The van der Waals surface area contributed by atoms with Crippen molar-refractivity contribution in [2.24, 2.45) is 0 Å². The maximum absolute atomic E-state index is 11.4. The summed E-state index contributed by atoms with van der Waals surface area (Å²) in [4.78, 5) is 20.9. The van der Waals surface area contributed by atoms with Crippen LogP contribution in [0.1, 0.15) is 30.1 Å². The van der Waals surface area contributed by atoms with Crippen molar-refractivity contribution in [1.29, 1.82) is 0 Å². The molecule has 0 saturated carbocycles. The number of hydrogen-bond acceptors (Lipinski definition) is 3. The monoisotopic (exact) mass is 272 g/mol. The average molecular weight is 273 g/mol. The van der Waals surface area contributed by atoms with Crippen LogP contribution in [0, 0.1) is 0 Å². The molecule has 0 heterocycles. The van der Waals surface area contributed by atoms with Gasteiger partial charge in [-0.25, -0.2) is 4.79 Å². The van der Waals surface area contributed by atoms with Gasteiger partial charge in [-0.2, -0.15) is 4.89 Å². The van der Waals surface area contributed by atoms with Crippen LogP contribution in [0.15, 0.2) is 30.3 Å². The quantitative estimate of drug-likeness (QED) is 0.469. The van der Waals surface area contributed by atoms with Gasteiger partial charge in [0, 0.05) is 0 Å². The fraction of sp³-hybridized carbons (Fsp3) is 0.364. The highest BCUT2D eigenvalue weighted by Crippen LogP contribution is 2.11. The lowest BCUT2D eigenvalue weighted by Crippen LogP contribution is -2.11. The van der Waals surface area contributed by atoms with Crippen LogP contribution in [-0.2, 0) is 9.78 Å². The summed E-state index contributed by atoms with van der Waals surface area (Å²) in [5.41, 5.74) is 0.480. The highest BCUT2D eigenvalue weighted by molar-refractivity contribution is 9.09. The first kappa shape index (κ1) is 12.2. The molecule has 1 aromatic carbocycles. The van der Waals surface area contributed by atoms with Crippen molar-refractivity contribution < 1.29 is 14.6 Å². The van der Waals surface area contributed by atoms with E-state index < -0.39 is 5.97 Å². The van der Waals surface area contributed by atoms with E-state index in [1.54, 1.807) is 24.3 Å². The van der Waals surface area contributed by atoms with Crippen LogP contribution in [0.3, 0.4) is 0 Å². The molecule has 0 radical (unpaired) electrons. The Balaban J connectivity index is 2.37. The van der Waals surface area contributed by atoms with Crippen molar-refractivity contribution in [2.45, 2.75) is 24.8 Å². The lowest BCUT2D eigenvalue weighted by atomic mass is 10.2. The van der Waals surface area contributed by atoms with E-state index in [1.165, 1.54) is 0 Å². The number of hydrogen-bond donors (Lipinski definition) is 0. The Morgan fingerprint density at radius 2 is 2.07 bits per heavy atom. The van der Waals surface area contributed by atoms with Gasteiger partial charge >= 0.3 is 5.97 Å². The van der Waals surface area contributed by atoms with E-state index >= 15 is 0 Å².